The highest BCUT2D eigenvalue weighted by atomic mass is 32.2. The minimum absolute atomic E-state index is 0.0464. The van der Waals surface area contributed by atoms with Gasteiger partial charge in [-0.3, -0.25) is 14.4 Å². The van der Waals surface area contributed by atoms with Gasteiger partial charge in [-0.15, -0.1) is 11.8 Å². The molecule has 4 aliphatic rings. The van der Waals surface area contributed by atoms with E-state index in [0.717, 1.165) is 6.42 Å². The van der Waals surface area contributed by atoms with E-state index >= 15 is 0 Å². The van der Waals surface area contributed by atoms with Crippen LogP contribution in [0.15, 0.2) is 48.6 Å². The van der Waals surface area contributed by atoms with Crippen LogP contribution >= 0.6 is 11.8 Å². The summed E-state index contributed by atoms with van der Waals surface area (Å²) in [5.74, 6) is -1.79. The van der Waals surface area contributed by atoms with E-state index in [4.69, 9.17) is 9.47 Å². The number of hydrogen-bond acceptors (Lipinski definition) is 7. The average Bonchev–Trinajstić information content (AvgIpc) is 3.23. The monoisotopic (exact) mass is 540 g/mol. The van der Waals surface area contributed by atoms with Crippen LogP contribution in [0.25, 0.3) is 0 Å². The van der Waals surface area contributed by atoms with Crippen LogP contribution in [0.5, 0.6) is 5.75 Å². The quantitative estimate of drug-likeness (QED) is 0.437. The molecule has 1 aromatic rings. The number of esters is 1. The highest BCUT2D eigenvalue weighted by Crippen LogP contribution is 2.65. The van der Waals surface area contributed by atoms with Gasteiger partial charge in [0.15, 0.2) is 0 Å². The van der Waals surface area contributed by atoms with Gasteiger partial charge in [0.05, 0.1) is 42.9 Å². The number of fused-ring (bicyclic) bond motifs is 2. The first-order chi connectivity index (χ1) is 18.2. The van der Waals surface area contributed by atoms with Crippen molar-refractivity contribution in [3.05, 3.63) is 48.6 Å². The number of rotatable bonds is 6. The number of carbonyl (C=O) groups excluding carboxylic acids is 3. The molecule has 8 nitrogen and oxygen atoms in total. The summed E-state index contributed by atoms with van der Waals surface area (Å²) in [6.07, 6.45) is 9.28. The van der Waals surface area contributed by atoms with Gasteiger partial charge in [-0.2, -0.15) is 0 Å². The number of aliphatic hydroxyl groups excluding tert-OH is 1. The third kappa shape index (κ3) is 3.97. The number of aliphatic hydroxyl groups is 1. The Balaban J connectivity index is 1.67. The topological polar surface area (TPSA) is 96.4 Å². The first kappa shape index (κ1) is 26.8. The van der Waals surface area contributed by atoms with Crippen molar-refractivity contribution in [1.29, 1.82) is 0 Å². The van der Waals surface area contributed by atoms with Crippen molar-refractivity contribution in [1.82, 2.24) is 4.90 Å². The second-order valence-electron chi connectivity index (χ2n) is 10.8. The Bertz CT molecular complexity index is 1170. The van der Waals surface area contributed by atoms with Crippen molar-refractivity contribution in [3.63, 3.8) is 0 Å². The molecular formula is C29H36N2O6S. The molecule has 0 bridgehead atoms. The number of amides is 2. The van der Waals surface area contributed by atoms with E-state index in [0.29, 0.717) is 24.4 Å². The summed E-state index contributed by atoms with van der Waals surface area (Å²) < 4.78 is 9.20. The fraction of sp³-hybridized carbons (Fsp3) is 0.552. The molecule has 2 fully saturated rings. The molecule has 2 saturated heterocycles. The molecule has 1 aromatic carbocycles. The van der Waals surface area contributed by atoms with Crippen LogP contribution in [-0.4, -0.2) is 76.2 Å². The average molecular weight is 541 g/mol. The summed E-state index contributed by atoms with van der Waals surface area (Å²) in [7, 11) is 1.59. The maximum Gasteiger partial charge on any atom is 0.311 e. The number of hydrogen-bond donors (Lipinski definition) is 1. The smallest absolute Gasteiger partial charge is 0.311 e. The minimum Gasteiger partial charge on any atom is -0.497 e. The molecule has 5 rings (SSSR count). The Labute approximate surface area is 228 Å². The maximum absolute atomic E-state index is 14.6. The van der Waals surface area contributed by atoms with E-state index in [1.807, 2.05) is 57.2 Å². The Morgan fingerprint density at radius 3 is 2.53 bits per heavy atom. The number of benzene rings is 1. The SMILES string of the molecule is CC[C@H](C)[C@H](CO)N1C(=O)[C@@H]2[C@@H]3C(=O)OCCC=C[C@]3(C)S[C@@]23C=CCN(c2ccc(OC)cc2)C(=O)C13. The fourth-order valence-electron chi connectivity index (χ4n) is 6.59. The zero-order valence-electron chi connectivity index (χ0n) is 22.3. The van der Waals surface area contributed by atoms with Crippen LogP contribution in [0, 0.1) is 17.8 Å². The lowest BCUT2D eigenvalue weighted by atomic mass is 9.74. The molecule has 0 aliphatic carbocycles. The van der Waals surface area contributed by atoms with Gasteiger partial charge >= 0.3 is 5.97 Å². The van der Waals surface area contributed by atoms with Crippen molar-refractivity contribution in [3.8, 4) is 5.75 Å². The highest BCUT2D eigenvalue weighted by molar-refractivity contribution is 8.02. The van der Waals surface area contributed by atoms with Gasteiger partial charge in [-0.05, 0) is 43.5 Å². The lowest BCUT2D eigenvalue weighted by Gasteiger charge is -2.41. The van der Waals surface area contributed by atoms with Crippen molar-refractivity contribution in [2.24, 2.45) is 17.8 Å². The summed E-state index contributed by atoms with van der Waals surface area (Å²) in [6, 6.07) is 5.82. The third-order valence-electron chi connectivity index (χ3n) is 8.69. The van der Waals surface area contributed by atoms with Crippen molar-refractivity contribution < 1.29 is 29.0 Å². The standard InChI is InChI=1S/C29H36N2O6S/c1-5-18(2)21(17-32)31-24-26(34)30(19-9-11-20(36-4)12-10-19)15-8-14-29(24)22(25(31)33)23-27(35)37-16-7-6-13-28(23,3)38-29/h6,8-14,18,21-24,32H,5,7,15-17H2,1-4H3/t18-,21-,22-,23+,24?,28-,29-/m0/s1. The van der Waals surface area contributed by atoms with Crippen molar-refractivity contribution in [2.45, 2.75) is 55.2 Å². The van der Waals surface area contributed by atoms with Gasteiger partial charge in [0, 0.05) is 17.0 Å². The number of nitrogens with zero attached hydrogens (tertiary/aromatic N) is 2. The van der Waals surface area contributed by atoms with E-state index in [9.17, 15) is 19.5 Å². The normalized spacial score (nSPS) is 34.0. The number of ether oxygens (including phenoxy) is 2. The van der Waals surface area contributed by atoms with Crippen molar-refractivity contribution in [2.75, 3.05) is 31.8 Å². The molecular weight excluding hydrogens is 504 g/mol. The predicted octanol–water partition coefficient (Wildman–Crippen LogP) is 3.20. The Morgan fingerprint density at radius 2 is 1.87 bits per heavy atom. The molecule has 0 radical (unpaired) electrons. The van der Waals surface area contributed by atoms with Crippen LogP contribution in [-0.2, 0) is 19.1 Å². The molecule has 38 heavy (non-hydrogen) atoms. The number of carbonyl (C=O) groups is 3. The van der Waals surface area contributed by atoms with E-state index < -0.39 is 39.4 Å². The molecule has 0 aromatic heterocycles. The summed E-state index contributed by atoms with van der Waals surface area (Å²) in [5.41, 5.74) is 0.692. The molecule has 4 heterocycles. The van der Waals surface area contributed by atoms with Crippen LogP contribution in [0.4, 0.5) is 5.69 Å². The molecule has 7 atom stereocenters. The third-order valence-corrected chi connectivity index (χ3v) is 10.5. The number of cyclic esters (lactones) is 1. The Morgan fingerprint density at radius 1 is 1.13 bits per heavy atom. The second-order valence-corrected chi connectivity index (χ2v) is 12.6. The summed E-state index contributed by atoms with van der Waals surface area (Å²) in [5, 5.41) is 10.5. The van der Waals surface area contributed by atoms with Gasteiger partial charge in [0.2, 0.25) is 5.91 Å². The summed E-state index contributed by atoms with van der Waals surface area (Å²) in [6.45, 7) is 6.28. The first-order valence-electron chi connectivity index (χ1n) is 13.3. The summed E-state index contributed by atoms with van der Waals surface area (Å²) in [4.78, 5) is 45.7. The molecule has 4 aliphatic heterocycles. The van der Waals surface area contributed by atoms with Gasteiger partial charge in [-0.1, -0.05) is 44.6 Å². The second kappa shape index (κ2) is 10.1. The zero-order valence-corrected chi connectivity index (χ0v) is 23.1. The largest absolute Gasteiger partial charge is 0.497 e. The van der Waals surface area contributed by atoms with E-state index in [-0.39, 0.29) is 30.9 Å². The van der Waals surface area contributed by atoms with E-state index in [2.05, 4.69) is 0 Å². The van der Waals surface area contributed by atoms with Gasteiger partial charge in [0.1, 0.15) is 11.8 Å². The number of methoxy groups -OCH3 is 1. The Kier molecular flexibility index (Phi) is 7.11. The minimum atomic E-state index is -0.983. The van der Waals surface area contributed by atoms with Gasteiger partial charge < -0.3 is 24.4 Å². The lowest BCUT2D eigenvalue weighted by Crippen LogP contribution is -2.58. The van der Waals surface area contributed by atoms with Gasteiger partial charge in [-0.25, -0.2) is 0 Å². The van der Waals surface area contributed by atoms with Crippen molar-refractivity contribution >= 4 is 35.2 Å². The summed E-state index contributed by atoms with van der Waals surface area (Å²) >= 11 is 1.51. The lowest BCUT2D eigenvalue weighted by molar-refractivity contribution is -0.155. The van der Waals surface area contributed by atoms with Crippen LogP contribution in [0.2, 0.25) is 0 Å². The fourth-order valence-corrected chi connectivity index (χ4v) is 8.73. The highest BCUT2D eigenvalue weighted by Gasteiger charge is 2.74. The van der Waals surface area contributed by atoms with Gasteiger partial charge in [0.25, 0.3) is 5.91 Å². The van der Waals surface area contributed by atoms with E-state index in [1.165, 1.54) is 11.8 Å². The molecule has 1 N–H and O–H groups in total. The molecule has 1 unspecified atom stereocenters. The van der Waals surface area contributed by atoms with Crippen LogP contribution < -0.4 is 9.64 Å². The molecule has 2 amide bonds. The number of anilines is 1. The molecule has 9 heteroatoms. The number of likely N-dealkylation sites (tertiary alicyclic amines) is 1. The van der Waals surface area contributed by atoms with E-state index in [1.54, 1.807) is 29.0 Å². The van der Waals surface area contributed by atoms with Crippen LogP contribution in [0.1, 0.15) is 33.6 Å². The number of thioether (sulfide) groups is 1. The first-order valence-corrected chi connectivity index (χ1v) is 14.1. The Hall–Kier alpha value is -2.78. The van der Waals surface area contributed by atoms with Crippen LogP contribution in [0.3, 0.4) is 0 Å². The zero-order chi connectivity index (χ0) is 27.2. The molecule has 0 saturated carbocycles. The molecule has 204 valence electrons. The molecule has 1 spiro atoms. The predicted molar refractivity (Wildman–Crippen MR) is 146 cm³/mol. The maximum atomic E-state index is 14.6.